The number of sulfonamides is 1. The molecule has 130 valence electrons. The summed E-state index contributed by atoms with van der Waals surface area (Å²) in [5.74, 6) is -0.0668. The number of sulfone groups is 1. The van der Waals surface area contributed by atoms with Gasteiger partial charge in [-0.15, -0.1) is 0 Å². The minimum absolute atomic E-state index is 0.0135. The third-order valence-corrected chi connectivity index (χ3v) is 7.91. The van der Waals surface area contributed by atoms with Gasteiger partial charge in [0.1, 0.15) is 0 Å². The minimum Gasteiger partial charge on any atom is -0.326 e. The molecule has 0 aliphatic carbocycles. The standard InChI is InChI=1S/C15H24N2O4S2/c1-3-22(18,19)13-7-6-8-14(11-13)23(20,21)17-10-5-4-9-15(17)12(2)16/h6-8,11-12,15H,3-5,9-10,16H2,1-2H3/t12-,15-/m1/s1. The second kappa shape index (κ2) is 6.88. The Hall–Kier alpha value is -0.960. The zero-order valence-electron chi connectivity index (χ0n) is 13.5. The van der Waals surface area contributed by atoms with E-state index in [9.17, 15) is 16.8 Å². The van der Waals surface area contributed by atoms with Crippen molar-refractivity contribution >= 4 is 19.9 Å². The lowest BCUT2D eigenvalue weighted by Crippen LogP contribution is -2.51. The van der Waals surface area contributed by atoms with Crippen LogP contribution >= 0.6 is 0 Å². The Labute approximate surface area is 138 Å². The largest absolute Gasteiger partial charge is 0.326 e. The minimum atomic E-state index is -3.76. The van der Waals surface area contributed by atoms with E-state index in [1.54, 1.807) is 6.92 Å². The summed E-state index contributed by atoms with van der Waals surface area (Å²) in [5.41, 5.74) is 5.95. The van der Waals surface area contributed by atoms with Gasteiger partial charge in [0, 0.05) is 18.6 Å². The molecule has 2 rings (SSSR count). The van der Waals surface area contributed by atoms with Crippen molar-refractivity contribution in [1.29, 1.82) is 0 Å². The molecule has 2 atom stereocenters. The molecule has 1 heterocycles. The number of hydrogen-bond donors (Lipinski definition) is 1. The van der Waals surface area contributed by atoms with Gasteiger partial charge in [0.25, 0.3) is 0 Å². The van der Waals surface area contributed by atoms with Crippen molar-refractivity contribution in [2.75, 3.05) is 12.3 Å². The molecule has 1 aliphatic rings. The highest BCUT2D eigenvalue weighted by atomic mass is 32.2. The second-order valence-electron chi connectivity index (χ2n) is 5.92. The summed E-state index contributed by atoms with van der Waals surface area (Å²) in [7, 11) is -7.21. The quantitative estimate of drug-likeness (QED) is 0.855. The van der Waals surface area contributed by atoms with Crippen LogP contribution in [0.15, 0.2) is 34.1 Å². The Kier molecular flexibility index (Phi) is 5.50. The molecule has 1 saturated heterocycles. The third kappa shape index (κ3) is 3.76. The molecule has 1 aromatic carbocycles. The molecule has 0 saturated carbocycles. The second-order valence-corrected chi connectivity index (χ2v) is 10.1. The molecule has 2 N–H and O–H groups in total. The lowest BCUT2D eigenvalue weighted by Gasteiger charge is -2.36. The van der Waals surface area contributed by atoms with E-state index in [4.69, 9.17) is 5.73 Å². The van der Waals surface area contributed by atoms with E-state index in [1.165, 1.54) is 35.5 Å². The molecule has 8 heteroatoms. The summed E-state index contributed by atoms with van der Waals surface area (Å²) >= 11 is 0. The van der Waals surface area contributed by atoms with Crippen LogP contribution in [0.5, 0.6) is 0 Å². The van der Waals surface area contributed by atoms with E-state index in [2.05, 4.69) is 0 Å². The summed E-state index contributed by atoms with van der Waals surface area (Å²) in [6, 6.07) is 5.07. The van der Waals surface area contributed by atoms with Gasteiger partial charge in [-0.1, -0.05) is 19.4 Å². The first-order chi connectivity index (χ1) is 10.7. The van der Waals surface area contributed by atoms with Crippen molar-refractivity contribution in [1.82, 2.24) is 4.31 Å². The zero-order valence-corrected chi connectivity index (χ0v) is 15.1. The Bertz CT molecular complexity index is 757. The molecule has 1 aromatic rings. The molecule has 0 bridgehead atoms. The van der Waals surface area contributed by atoms with Crippen molar-refractivity contribution < 1.29 is 16.8 Å². The average Bonchev–Trinajstić information content (AvgIpc) is 2.55. The van der Waals surface area contributed by atoms with Crippen LogP contribution < -0.4 is 5.73 Å². The molecular weight excluding hydrogens is 336 g/mol. The van der Waals surface area contributed by atoms with Crippen LogP contribution in [-0.4, -0.2) is 45.5 Å². The molecule has 6 nitrogen and oxygen atoms in total. The monoisotopic (exact) mass is 360 g/mol. The Morgan fingerprint density at radius 2 is 1.87 bits per heavy atom. The molecule has 0 radical (unpaired) electrons. The summed E-state index contributed by atoms with van der Waals surface area (Å²) < 4.78 is 51.3. The van der Waals surface area contributed by atoms with Crippen molar-refractivity contribution in [3.63, 3.8) is 0 Å². The predicted octanol–water partition coefficient (Wildman–Crippen LogP) is 1.37. The number of nitrogens with zero attached hydrogens (tertiary/aromatic N) is 1. The number of nitrogens with two attached hydrogens (primary N) is 1. The Morgan fingerprint density at radius 3 is 2.48 bits per heavy atom. The Balaban J connectivity index is 2.45. The van der Waals surface area contributed by atoms with Gasteiger partial charge in [-0.3, -0.25) is 0 Å². The van der Waals surface area contributed by atoms with Crippen LogP contribution in [0.3, 0.4) is 0 Å². The van der Waals surface area contributed by atoms with Crippen LogP contribution in [0.2, 0.25) is 0 Å². The molecule has 23 heavy (non-hydrogen) atoms. The van der Waals surface area contributed by atoms with Gasteiger partial charge >= 0.3 is 0 Å². The fraction of sp³-hybridized carbons (Fsp3) is 0.600. The average molecular weight is 361 g/mol. The summed E-state index contributed by atoms with van der Waals surface area (Å²) in [6.45, 7) is 3.75. The van der Waals surface area contributed by atoms with Gasteiger partial charge in [-0.05, 0) is 38.0 Å². The fourth-order valence-corrected chi connectivity index (χ4v) is 5.71. The first-order valence-corrected chi connectivity index (χ1v) is 10.9. The van der Waals surface area contributed by atoms with E-state index in [-0.39, 0.29) is 27.6 Å². The van der Waals surface area contributed by atoms with Crippen molar-refractivity contribution in [2.24, 2.45) is 5.73 Å². The first-order valence-electron chi connectivity index (χ1n) is 7.80. The van der Waals surface area contributed by atoms with Crippen LogP contribution in [-0.2, 0) is 19.9 Å². The van der Waals surface area contributed by atoms with Gasteiger partial charge in [0.15, 0.2) is 9.84 Å². The van der Waals surface area contributed by atoms with E-state index in [0.717, 1.165) is 19.3 Å². The van der Waals surface area contributed by atoms with Crippen molar-refractivity contribution in [3.05, 3.63) is 24.3 Å². The smallest absolute Gasteiger partial charge is 0.243 e. The zero-order chi connectivity index (χ0) is 17.3. The SMILES string of the molecule is CCS(=O)(=O)c1cccc(S(=O)(=O)N2CCCC[C@@H]2[C@@H](C)N)c1. The topological polar surface area (TPSA) is 97.5 Å². The summed E-state index contributed by atoms with van der Waals surface area (Å²) in [4.78, 5) is 0.0509. The number of hydrogen-bond acceptors (Lipinski definition) is 5. The third-order valence-electron chi connectivity index (χ3n) is 4.26. The van der Waals surface area contributed by atoms with Gasteiger partial charge in [-0.2, -0.15) is 4.31 Å². The highest BCUT2D eigenvalue weighted by Gasteiger charge is 2.35. The van der Waals surface area contributed by atoms with E-state index in [1.807, 2.05) is 0 Å². The Morgan fingerprint density at radius 1 is 1.22 bits per heavy atom. The van der Waals surface area contributed by atoms with Gasteiger partial charge in [0.05, 0.1) is 15.5 Å². The fourth-order valence-electron chi connectivity index (χ4n) is 2.88. The molecular formula is C15H24N2O4S2. The van der Waals surface area contributed by atoms with E-state index >= 15 is 0 Å². The maximum atomic E-state index is 12.9. The van der Waals surface area contributed by atoms with Crippen LogP contribution in [0.25, 0.3) is 0 Å². The van der Waals surface area contributed by atoms with Gasteiger partial charge in [-0.25, -0.2) is 16.8 Å². The maximum absolute atomic E-state index is 12.9. The lowest BCUT2D eigenvalue weighted by molar-refractivity contribution is 0.227. The molecule has 1 fully saturated rings. The molecule has 0 unspecified atom stereocenters. The molecule has 0 spiro atoms. The number of rotatable bonds is 5. The van der Waals surface area contributed by atoms with Crippen LogP contribution in [0.4, 0.5) is 0 Å². The first kappa shape index (κ1) is 18.4. The highest BCUT2D eigenvalue weighted by Crippen LogP contribution is 2.28. The van der Waals surface area contributed by atoms with Crippen molar-refractivity contribution in [3.8, 4) is 0 Å². The number of piperidine rings is 1. The normalized spacial score (nSPS) is 22.0. The van der Waals surface area contributed by atoms with Crippen LogP contribution in [0.1, 0.15) is 33.1 Å². The van der Waals surface area contributed by atoms with Gasteiger partial charge < -0.3 is 5.73 Å². The molecule has 0 aromatic heterocycles. The number of benzene rings is 1. The molecule has 0 amide bonds. The van der Waals surface area contributed by atoms with Crippen LogP contribution in [0, 0.1) is 0 Å². The lowest BCUT2D eigenvalue weighted by atomic mass is 10.00. The highest BCUT2D eigenvalue weighted by molar-refractivity contribution is 7.91. The van der Waals surface area contributed by atoms with E-state index < -0.39 is 19.9 Å². The summed E-state index contributed by atoms with van der Waals surface area (Å²) in [5, 5.41) is 0. The molecule has 1 aliphatic heterocycles. The van der Waals surface area contributed by atoms with Crippen molar-refractivity contribution in [2.45, 2.75) is 55.0 Å². The van der Waals surface area contributed by atoms with E-state index in [0.29, 0.717) is 6.54 Å². The maximum Gasteiger partial charge on any atom is 0.243 e. The predicted molar refractivity (Wildman–Crippen MR) is 89.3 cm³/mol. The van der Waals surface area contributed by atoms with Gasteiger partial charge in [0.2, 0.25) is 10.0 Å². The summed E-state index contributed by atoms with van der Waals surface area (Å²) in [6.07, 6.45) is 2.46.